The molecule has 6 heterocycles. The predicted octanol–water partition coefficient (Wildman–Crippen LogP) is 5.25. The molecule has 15 heteroatoms. The Balaban J connectivity index is 0.915. The number of hydrogen-bond donors (Lipinski definition) is 3. The van der Waals surface area contributed by atoms with E-state index in [1.54, 1.807) is 48.1 Å². The van der Waals surface area contributed by atoms with Gasteiger partial charge in [-0.3, -0.25) is 14.9 Å². The van der Waals surface area contributed by atoms with E-state index in [9.17, 15) is 23.8 Å². The van der Waals surface area contributed by atoms with E-state index >= 15 is 0 Å². The Morgan fingerprint density at radius 1 is 1.02 bits per heavy atom. The molecule has 2 aromatic heterocycles. The highest BCUT2D eigenvalue weighted by Gasteiger charge is 2.47. The molecule has 3 aromatic rings. The van der Waals surface area contributed by atoms with E-state index in [2.05, 4.69) is 30.4 Å². The summed E-state index contributed by atoms with van der Waals surface area (Å²) in [6.45, 7) is 6.92. The smallest absolute Gasteiger partial charge is 0.356 e. The van der Waals surface area contributed by atoms with Crippen LogP contribution in [0, 0.1) is 10.8 Å². The second-order valence-corrected chi connectivity index (χ2v) is 16.1. The fourth-order valence-electron chi connectivity index (χ4n) is 9.62. The summed E-state index contributed by atoms with van der Waals surface area (Å²) < 4.78 is 30.7. The number of carboxylic acids is 1. The average molecular weight is 757 g/mol. The molecule has 4 aliphatic heterocycles. The standard InChI is InChI=1S/C40H50F2N10O3/c1-25(53)51-15-9-33(32(24-51)38(43)52-12-3-4-26-18-30(27-22-44-48(2)23-27)31(37(41)42)19-35(26)52)45-28-20-40(21-28)10-16-49(17-11-40)29-7-13-50(14-8-29)36-6-5-34(39(54)55)46-47-36/h5-6,18-19,22-23,28-29,37,43,45H,3-4,7-17,20-21,24H2,1-2H3,(H,54,55). The summed E-state index contributed by atoms with van der Waals surface area (Å²) in [4.78, 5) is 32.2. The van der Waals surface area contributed by atoms with Gasteiger partial charge in [-0.05, 0) is 105 Å². The van der Waals surface area contributed by atoms with Crippen molar-refractivity contribution in [2.45, 2.75) is 83.2 Å². The zero-order valence-electron chi connectivity index (χ0n) is 31.6. The monoisotopic (exact) mass is 756 g/mol. The number of aromatic carboxylic acids is 1. The van der Waals surface area contributed by atoms with Crippen molar-refractivity contribution in [3.8, 4) is 11.1 Å². The summed E-state index contributed by atoms with van der Waals surface area (Å²) in [7, 11) is 1.77. The van der Waals surface area contributed by atoms with Crippen molar-refractivity contribution >= 4 is 29.2 Å². The largest absolute Gasteiger partial charge is 0.476 e. The lowest BCUT2D eigenvalue weighted by Gasteiger charge is -2.54. The Morgan fingerprint density at radius 3 is 2.42 bits per heavy atom. The maximum atomic E-state index is 14.5. The Kier molecular flexibility index (Phi) is 10.1. The fourth-order valence-corrected chi connectivity index (χ4v) is 9.62. The lowest BCUT2D eigenvalue weighted by molar-refractivity contribution is -0.128. The van der Waals surface area contributed by atoms with Crippen molar-refractivity contribution in [3.63, 3.8) is 0 Å². The van der Waals surface area contributed by atoms with Crippen LogP contribution in [0.5, 0.6) is 0 Å². The van der Waals surface area contributed by atoms with Crippen LogP contribution in [0.2, 0.25) is 0 Å². The van der Waals surface area contributed by atoms with Crippen LogP contribution in [0.15, 0.2) is 47.9 Å². The predicted molar refractivity (Wildman–Crippen MR) is 205 cm³/mol. The van der Waals surface area contributed by atoms with E-state index in [0.717, 1.165) is 100 Å². The summed E-state index contributed by atoms with van der Waals surface area (Å²) >= 11 is 0. The molecule has 1 amide bonds. The summed E-state index contributed by atoms with van der Waals surface area (Å²) in [5.74, 6) is -0.0996. The van der Waals surface area contributed by atoms with Gasteiger partial charge in [0.25, 0.3) is 6.43 Å². The van der Waals surface area contributed by atoms with Crippen LogP contribution in [-0.2, 0) is 18.3 Å². The average Bonchev–Trinajstić information content (AvgIpc) is 3.62. The summed E-state index contributed by atoms with van der Waals surface area (Å²) in [5, 5.41) is 34.7. The number of halogens is 2. The Hall–Kier alpha value is -4.92. The van der Waals surface area contributed by atoms with E-state index in [0.29, 0.717) is 60.4 Å². The van der Waals surface area contributed by atoms with E-state index < -0.39 is 12.4 Å². The van der Waals surface area contributed by atoms with Crippen molar-refractivity contribution in [1.82, 2.24) is 35.1 Å². The Labute approximate surface area is 319 Å². The zero-order chi connectivity index (χ0) is 38.4. The van der Waals surface area contributed by atoms with Crippen LogP contribution in [0.25, 0.3) is 11.1 Å². The van der Waals surface area contributed by atoms with Crippen molar-refractivity contribution in [2.24, 2.45) is 12.5 Å². The number of carboxylic acid groups (broad SMARTS) is 1. The second-order valence-electron chi connectivity index (χ2n) is 16.1. The second kappa shape index (κ2) is 15.0. The van der Waals surface area contributed by atoms with Gasteiger partial charge in [0.1, 0.15) is 5.84 Å². The molecule has 0 bridgehead atoms. The number of rotatable bonds is 8. The van der Waals surface area contributed by atoms with Gasteiger partial charge in [-0.25, -0.2) is 13.6 Å². The number of aromatic nitrogens is 4. The van der Waals surface area contributed by atoms with Crippen molar-refractivity contribution in [2.75, 3.05) is 55.6 Å². The molecule has 13 nitrogen and oxygen atoms in total. The number of piperidine rings is 2. The quantitative estimate of drug-likeness (QED) is 0.206. The van der Waals surface area contributed by atoms with Crippen molar-refractivity contribution in [1.29, 1.82) is 5.41 Å². The number of benzene rings is 1. The van der Waals surface area contributed by atoms with E-state index in [4.69, 9.17) is 5.11 Å². The highest BCUT2D eigenvalue weighted by atomic mass is 19.3. The number of amides is 1. The number of fused-ring (bicyclic) bond motifs is 1. The topological polar surface area (TPSA) is 147 Å². The number of nitrogens with one attached hydrogen (secondary N) is 2. The highest BCUT2D eigenvalue weighted by molar-refractivity contribution is 6.09. The van der Waals surface area contributed by atoms with E-state index in [-0.39, 0.29) is 23.0 Å². The molecule has 8 rings (SSSR count). The highest BCUT2D eigenvalue weighted by Crippen LogP contribution is 2.50. The van der Waals surface area contributed by atoms with Crippen LogP contribution < -0.4 is 15.1 Å². The van der Waals surface area contributed by atoms with Crippen LogP contribution in [0.1, 0.15) is 86.3 Å². The van der Waals surface area contributed by atoms with Crippen molar-refractivity contribution < 1.29 is 23.5 Å². The normalized spacial score (nSPS) is 20.9. The molecule has 0 unspecified atom stereocenters. The number of aryl methyl sites for hydroxylation is 2. The van der Waals surface area contributed by atoms with Gasteiger partial charge < -0.3 is 30.0 Å². The number of alkyl halides is 2. The summed E-state index contributed by atoms with van der Waals surface area (Å²) in [5.41, 5.74) is 4.69. The fraction of sp³-hybridized carbons (Fsp3) is 0.550. The van der Waals surface area contributed by atoms with Gasteiger partial charge in [0.05, 0.1) is 12.7 Å². The van der Waals surface area contributed by atoms with Crippen molar-refractivity contribution in [3.05, 3.63) is 64.8 Å². The minimum absolute atomic E-state index is 0.0346. The molecule has 1 spiro atoms. The van der Waals surface area contributed by atoms with E-state index in [1.807, 2.05) is 11.0 Å². The van der Waals surface area contributed by atoms with E-state index in [1.165, 1.54) is 6.07 Å². The number of likely N-dealkylation sites (tertiary alicyclic amines) is 1. The summed E-state index contributed by atoms with van der Waals surface area (Å²) in [6, 6.07) is 7.50. The first kappa shape index (κ1) is 37.0. The first-order chi connectivity index (χ1) is 26.5. The van der Waals surface area contributed by atoms with Crippen LogP contribution in [-0.4, -0.2) is 110 Å². The molecule has 1 aromatic carbocycles. The number of carbonyl (C=O) groups excluding carboxylic acids is 1. The van der Waals surface area contributed by atoms with Crippen LogP contribution in [0.4, 0.5) is 20.3 Å². The first-order valence-electron chi connectivity index (χ1n) is 19.6. The third kappa shape index (κ3) is 7.42. The molecular formula is C40H50F2N10O3. The molecule has 292 valence electrons. The first-order valence-corrected chi connectivity index (χ1v) is 19.6. The molecule has 55 heavy (non-hydrogen) atoms. The minimum Gasteiger partial charge on any atom is -0.476 e. The maximum absolute atomic E-state index is 14.5. The van der Waals surface area contributed by atoms with Crippen LogP contribution >= 0.6 is 0 Å². The number of carbonyl (C=O) groups is 2. The number of amidine groups is 1. The molecular weight excluding hydrogens is 707 g/mol. The van der Waals surface area contributed by atoms with Gasteiger partial charge in [-0.1, -0.05) is 0 Å². The van der Waals surface area contributed by atoms with Gasteiger partial charge >= 0.3 is 5.97 Å². The third-order valence-corrected chi connectivity index (χ3v) is 12.7. The molecule has 0 radical (unpaired) electrons. The maximum Gasteiger partial charge on any atom is 0.356 e. The Morgan fingerprint density at radius 2 is 1.78 bits per heavy atom. The number of anilines is 2. The lowest BCUT2D eigenvalue weighted by atomic mass is 9.60. The van der Waals surface area contributed by atoms with Gasteiger partial charge in [0.2, 0.25) is 5.91 Å². The third-order valence-electron chi connectivity index (χ3n) is 12.7. The Bertz CT molecular complexity index is 1970. The SMILES string of the molecule is CC(=O)N1CCC(NC2CC3(CCN(C4CCN(c5ccc(C(=O)O)nn5)CC4)CC3)C2)=C(C(=N)N2CCCc3cc(-c4cnn(C)c4)c(C(F)F)cc32)C1. The molecule has 3 fully saturated rings. The van der Waals surface area contributed by atoms with Gasteiger partial charge in [-0.2, -0.15) is 5.10 Å². The molecule has 1 saturated carbocycles. The molecule has 1 aliphatic carbocycles. The van der Waals surface area contributed by atoms with Crippen LogP contribution in [0.3, 0.4) is 0 Å². The minimum atomic E-state index is -2.68. The lowest BCUT2D eigenvalue weighted by Crippen LogP contribution is -2.56. The number of nitrogens with zero attached hydrogens (tertiary/aromatic N) is 8. The molecule has 0 atom stereocenters. The number of hydrogen-bond acceptors (Lipinski definition) is 9. The summed E-state index contributed by atoms with van der Waals surface area (Å²) in [6.07, 6.45) is 9.38. The molecule has 3 N–H and O–H groups in total. The molecule has 5 aliphatic rings. The zero-order valence-corrected chi connectivity index (χ0v) is 31.6. The molecule has 2 saturated heterocycles. The van der Waals surface area contributed by atoms with Gasteiger partial charge in [0, 0.05) is 92.9 Å². The van der Waals surface area contributed by atoms with Gasteiger partial charge in [-0.15, -0.1) is 10.2 Å². The van der Waals surface area contributed by atoms with Gasteiger partial charge in [0.15, 0.2) is 11.5 Å².